The number of fused-ring (bicyclic) bond motifs is 5. The molecule has 2 nitrogen and oxygen atoms in total. The van der Waals surface area contributed by atoms with Gasteiger partial charge < -0.3 is 0 Å². The fourth-order valence-corrected chi connectivity index (χ4v) is 5.65. The van der Waals surface area contributed by atoms with Gasteiger partial charge in [0.1, 0.15) is 5.01 Å². The van der Waals surface area contributed by atoms with Crippen molar-refractivity contribution in [3.63, 3.8) is 0 Å². The molecule has 3 aromatic carbocycles. The first-order valence-corrected chi connectivity index (χ1v) is 11.1. The Bertz CT molecular complexity index is 1340. The molecular weight excluding hydrogens is 372 g/mol. The second kappa shape index (κ2) is 6.78. The highest BCUT2D eigenvalue weighted by atomic mass is 32.1. The summed E-state index contributed by atoms with van der Waals surface area (Å²) < 4.78 is 0. The van der Waals surface area contributed by atoms with E-state index >= 15 is 0 Å². The van der Waals surface area contributed by atoms with E-state index in [4.69, 9.17) is 4.98 Å². The van der Waals surface area contributed by atoms with Gasteiger partial charge in [-0.2, -0.15) is 0 Å². The van der Waals surface area contributed by atoms with Gasteiger partial charge in [0.25, 0.3) is 0 Å². The topological polar surface area (TPSA) is 25.8 Å². The third kappa shape index (κ3) is 2.77. The minimum Gasteiger partial charge on any atom is -0.264 e. The maximum absolute atomic E-state index is 5.01. The molecule has 0 saturated carbocycles. The highest BCUT2D eigenvalue weighted by Gasteiger charge is 2.25. The van der Waals surface area contributed by atoms with Gasteiger partial charge in [0, 0.05) is 29.3 Å². The number of hydrogen-bond donors (Lipinski definition) is 0. The van der Waals surface area contributed by atoms with Crippen LogP contribution in [0.3, 0.4) is 0 Å². The van der Waals surface area contributed by atoms with Gasteiger partial charge in [-0.15, -0.1) is 11.3 Å². The van der Waals surface area contributed by atoms with Gasteiger partial charge in [0.2, 0.25) is 0 Å². The van der Waals surface area contributed by atoms with E-state index < -0.39 is 0 Å². The lowest BCUT2D eigenvalue weighted by molar-refractivity contribution is 0.610. The predicted molar refractivity (Wildman–Crippen MR) is 122 cm³/mol. The molecule has 0 spiro atoms. The van der Waals surface area contributed by atoms with Crippen LogP contribution in [0.25, 0.3) is 32.1 Å². The van der Waals surface area contributed by atoms with Gasteiger partial charge in [-0.3, -0.25) is 4.98 Å². The molecular formula is C26H20N2S. The van der Waals surface area contributed by atoms with Crippen molar-refractivity contribution in [2.45, 2.75) is 25.2 Å². The molecule has 1 aliphatic carbocycles. The highest BCUT2D eigenvalue weighted by molar-refractivity contribution is 7.13. The summed E-state index contributed by atoms with van der Waals surface area (Å²) in [5, 5.41) is 8.75. The van der Waals surface area contributed by atoms with E-state index in [1.165, 1.54) is 51.2 Å². The Balaban J connectivity index is 1.48. The molecule has 6 rings (SSSR count). The van der Waals surface area contributed by atoms with Gasteiger partial charge in [0.05, 0.1) is 5.69 Å². The molecule has 1 atom stereocenters. The standard InChI is InChI=1S/C26H20N2S/c1-2-7-19-17(5-1)10-11-22-20-8-3-9-24(23(20)13-12-21(19)22)25-16-29-26(28-25)18-6-4-14-27-15-18/h1-2,4-7,10-16,24H,3,8-9H2. The molecule has 2 heterocycles. The summed E-state index contributed by atoms with van der Waals surface area (Å²) >= 11 is 1.73. The first-order chi connectivity index (χ1) is 14.4. The second-order valence-corrected chi connectivity index (χ2v) is 8.64. The number of aryl methyl sites for hydroxylation is 1. The normalized spacial score (nSPS) is 16.2. The third-order valence-corrected chi connectivity index (χ3v) is 7.07. The van der Waals surface area contributed by atoms with E-state index in [0.717, 1.165) is 17.0 Å². The van der Waals surface area contributed by atoms with Crippen LogP contribution in [0.1, 0.15) is 35.6 Å². The van der Waals surface area contributed by atoms with Crippen LogP contribution in [-0.4, -0.2) is 9.97 Å². The minimum absolute atomic E-state index is 0.385. The van der Waals surface area contributed by atoms with E-state index in [2.05, 4.69) is 65.0 Å². The summed E-state index contributed by atoms with van der Waals surface area (Å²) in [5.41, 5.74) is 5.28. The van der Waals surface area contributed by atoms with E-state index in [1.54, 1.807) is 11.3 Å². The fourth-order valence-electron chi connectivity index (χ4n) is 4.79. The monoisotopic (exact) mass is 392 g/mol. The largest absolute Gasteiger partial charge is 0.264 e. The summed E-state index contributed by atoms with van der Waals surface area (Å²) in [6.07, 6.45) is 7.24. The number of nitrogens with zero attached hydrogens (tertiary/aromatic N) is 2. The lowest BCUT2D eigenvalue weighted by atomic mass is 9.79. The van der Waals surface area contributed by atoms with Crippen molar-refractivity contribution in [2.24, 2.45) is 0 Å². The number of hydrogen-bond acceptors (Lipinski definition) is 3. The first-order valence-electron chi connectivity index (χ1n) is 10.2. The van der Waals surface area contributed by atoms with E-state index in [-0.39, 0.29) is 0 Å². The highest BCUT2D eigenvalue weighted by Crippen LogP contribution is 2.42. The van der Waals surface area contributed by atoms with Gasteiger partial charge >= 0.3 is 0 Å². The molecule has 2 aromatic heterocycles. The van der Waals surface area contributed by atoms with Crippen LogP contribution in [0, 0.1) is 0 Å². The molecule has 29 heavy (non-hydrogen) atoms. The Morgan fingerprint density at radius 2 is 1.79 bits per heavy atom. The SMILES string of the molecule is c1cncc(-c2nc(C3CCCc4c3ccc3c4ccc4ccccc43)cs2)c1. The van der Waals surface area contributed by atoms with Crippen LogP contribution < -0.4 is 0 Å². The van der Waals surface area contributed by atoms with Crippen molar-refractivity contribution >= 4 is 32.9 Å². The number of thiazole rings is 1. The number of rotatable bonds is 2. The zero-order chi connectivity index (χ0) is 19.2. The molecule has 0 amide bonds. The molecule has 0 radical (unpaired) electrons. The Morgan fingerprint density at radius 1 is 0.862 bits per heavy atom. The lowest BCUT2D eigenvalue weighted by Crippen LogP contribution is -2.12. The molecule has 0 fully saturated rings. The molecule has 0 N–H and O–H groups in total. The molecule has 3 heteroatoms. The molecule has 0 aliphatic heterocycles. The molecule has 1 unspecified atom stereocenters. The second-order valence-electron chi connectivity index (χ2n) is 7.78. The van der Waals surface area contributed by atoms with Gasteiger partial charge in [-0.25, -0.2) is 4.98 Å². The van der Waals surface area contributed by atoms with Crippen molar-refractivity contribution in [1.82, 2.24) is 9.97 Å². The van der Waals surface area contributed by atoms with Crippen LogP contribution in [0.5, 0.6) is 0 Å². The Morgan fingerprint density at radius 3 is 2.72 bits per heavy atom. The van der Waals surface area contributed by atoms with E-state index in [9.17, 15) is 0 Å². The maximum Gasteiger partial charge on any atom is 0.125 e. The summed E-state index contributed by atoms with van der Waals surface area (Å²) in [7, 11) is 0. The number of benzene rings is 3. The van der Waals surface area contributed by atoms with Crippen LogP contribution in [0.2, 0.25) is 0 Å². The fraction of sp³-hybridized carbons (Fsp3) is 0.154. The maximum atomic E-state index is 5.01. The molecule has 5 aromatic rings. The molecule has 0 saturated heterocycles. The van der Waals surface area contributed by atoms with Crippen LogP contribution in [-0.2, 0) is 6.42 Å². The van der Waals surface area contributed by atoms with Crippen molar-refractivity contribution in [1.29, 1.82) is 0 Å². The predicted octanol–water partition coefficient (Wildman–Crippen LogP) is 6.98. The van der Waals surface area contributed by atoms with Crippen LogP contribution in [0.4, 0.5) is 0 Å². The summed E-state index contributed by atoms with van der Waals surface area (Å²) in [5.74, 6) is 0.385. The van der Waals surface area contributed by atoms with Crippen LogP contribution >= 0.6 is 11.3 Å². The van der Waals surface area contributed by atoms with E-state index in [0.29, 0.717) is 5.92 Å². The smallest absolute Gasteiger partial charge is 0.125 e. The summed E-state index contributed by atoms with van der Waals surface area (Å²) in [4.78, 5) is 9.26. The Kier molecular flexibility index (Phi) is 3.95. The number of pyridine rings is 1. The average Bonchev–Trinajstić information content (AvgIpc) is 3.29. The average molecular weight is 393 g/mol. The minimum atomic E-state index is 0.385. The van der Waals surface area contributed by atoms with Gasteiger partial charge in [-0.1, -0.05) is 48.5 Å². The zero-order valence-electron chi connectivity index (χ0n) is 16.0. The zero-order valence-corrected chi connectivity index (χ0v) is 16.8. The number of aromatic nitrogens is 2. The Hall–Kier alpha value is -3.04. The van der Waals surface area contributed by atoms with Crippen molar-refractivity contribution in [2.75, 3.05) is 0 Å². The Labute approximate surface area is 173 Å². The van der Waals surface area contributed by atoms with Crippen molar-refractivity contribution in [3.8, 4) is 10.6 Å². The summed E-state index contributed by atoms with van der Waals surface area (Å²) in [6.45, 7) is 0. The third-order valence-electron chi connectivity index (χ3n) is 6.16. The van der Waals surface area contributed by atoms with Gasteiger partial charge in [-0.05, 0) is 64.1 Å². The summed E-state index contributed by atoms with van der Waals surface area (Å²) in [6, 6.07) is 22.0. The van der Waals surface area contributed by atoms with E-state index in [1.807, 2.05) is 18.5 Å². The lowest BCUT2D eigenvalue weighted by Gasteiger charge is -2.26. The molecule has 1 aliphatic rings. The van der Waals surface area contributed by atoms with Crippen molar-refractivity contribution in [3.05, 3.63) is 95.3 Å². The first kappa shape index (κ1) is 16.9. The van der Waals surface area contributed by atoms with Crippen molar-refractivity contribution < 1.29 is 0 Å². The molecule has 140 valence electrons. The van der Waals surface area contributed by atoms with Crippen LogP contribution in [0.15, 0.2) is 78.4 Å². The molecule has 0 bridgehead atoms. The quantitative estimate of drug-likeness (QED) is 0.303. The van der Waals surface area contributed by atoms with Gasteiger partial charge in [0.15, 0.2) is 0 Å².